The normalized spacial score (nSPS) is 16.7. The number of carbonyl (C=O) groups excluding carboxylic acids is 1. The van der Waals surface area contributed by atoms with Crippen molar-refractivity contribution in [3.63, 3.8) is 0 Å². The first kappa shape index (κ1) is 15.4. The summed E-state index contributed by atoms with van der Waals surface area (Å²) in [6.07, 6.45) is 1.66. The molecule has 6 heteroatoms. The van der Waals surface area contributed by atoms with E-state index in [0.29, 0.717) is 10.2 Å². The number of piperazine rings is 1. The minimum Gasteiger partial charge on any atom is -0.336 e. The van der Waals surface area contributed by atoms with Crippen LogP contribution in [-0.2, 0) is 0 Å². The van der Waals surface area contributed by atoms with Gasteiger partial charge in [0.05, 0.1) is 0 Å². The van der Waals surface area contributed by atoms with Gasteiger partial charge in [0.2, 0.25) is 0 Å². The molecule has 0 spiro atoms. The highest BCUT2D eigenvalue weighted by Crippen LogP contribution is 2.12. The number of rotatable bonds is 4. The predicted octanol–water partition coefficient (Wildman–Crippen LogP) is 1.16. The topological polar surface area (TPSA) is 39.7 Å². The van der Waals surface area contributed by atoms with E-state index < -0.39 is 0 Å². The summed E-state index contributed by atoms with van der Waals surface area (Å²) in [6, 6.07) is 3.55. The quantitative estimate of drug-likeness (QED) is 0.771. The van der Waals surface area contributed by atoms with Crippen molar-refractivity contribution in [1.29, 1.82) is 0 Å². The van der Waals surface area contributed by atoms with Gasteiger partial charge in [-0.15, -0.1) is 0 Å². The van der Waals surface area contributed by atoms with E-state index in [9.17, 15) is 4.79 Å². The van der Waals surface area contributed by atoms with Gasteiger partial charge in [0.15, 0.2) is 0 Å². The molecular formula is C14H21BrN4O. The highest BCUT2D eigenvalue weighted by Gasteiger charge is 2.22. The van der Waals surface area contributed by atoms with Crippen LogP contribution < -0.4 is 0 Å². The molecule has 110 valence electrons. The molecule has 0 N–H and O–H groups in total. The van der Waals surface area contributed by atoms with Crippen LogP contribution in [0.4, 0.5) is 0 Å². The number of amides is 1. The molecule has 1 aromatic heterocycles. The van der Waals surface area contributed by atoms with Gasteiger partial charge in [0.1, 0.15) is 4.60 Å². The van der Waals surface area contributed by atoms with Gasteiger partial charge in [0.25, 0.3) is 5.91 Å². The Bertz CT molecular complexity index is 458. The lowest BCUT2D eigenvalue weighted by Crippen LogP contribution is -2.49. The first-order chi connectivity index (χ1) is 9.56. The van der Waals surface area contributed by atoms with E-state index in [0.717, 1.165) is 39.3 Å². The fraction of sp³-hybridized carbons (Fsp3) is 0.571. The van der Waals surface area contributed by atoms with Gasteiger partial charge >= 0.3 is 0 Å². The van der Waals surface area contributed by atoms with Crippen molar-refractivity contribution >= 4 is 21.8 Å². The highest BCUT2D eigenvalue weighted by atomic mass is 79.9. The smallest absolute Gasteiger partial charge is 0.254 e. The lowest BCUT2D eigenvalue weighted by Gasteiger charge is -2.35. The number of likely N-dealkylation sites (N-methyl/N-ethyl adjacent to an activating group) is 1. The van der Waals surface area contributed by atoms with Crippen LogP contribution in [0.5, 0.6) is 0 Å². The second-order valence-corrected chi connectivity index (χ2v) is 6.12. The molecule has 1 aromatic rings. The average Bonchev–Trinajstić information content (AvgIpc) is 2.45. The Labute approximate surface area is 128 Å². The van der Waals surface area contributed by atoms with Gasteiger partial charge in [-0.3, -0.25) is 9.69 Å². The van der Waals surface area contributed by atoms with E-state index in [1.807, 2.05) is 4.90 Å². The minimum absolute atomic E-state index is 0.0976. The molecule has 1 saturated heterocycles. The Hall–Kier alpha value is -0.980. The van der Waals surface area contributed by atoms with Gasteiger partial charge in [-0.25, -0.2) is 4.98 Å². The van der Waals surface area contributed by atoms with E-state index >= 15 is 0 Å². The summed E-state index contributed by atoms with van der Waals surface area (Å²) in [5, 5.41) is 0. The average molecular weight is 341 g/mol. The maximum atomic E-state index is 12.4. The molecule has 0 aromatic carbocycles. The SMILES string of the molecule is CN(C)CCN1CCN(C(=O)c2ccnc(Br)c2)CC1. The molecule has 1 fully saturated rings. The fourth-order valence-corrected chi connectivity index (χ4v) is 2.60. The summed E-state index contributed by atoms with van der Waals surface area (Å²) in [7, 11) is 4.17. The number of pyridine rings is 1. The van der Waals surface area contributed by atoms with Crippen LogP contribution in [-0.4, -0.2) is 79.0 Å². The summed E-state index contributed by atoms with van der Waals surface area (Å²) in [5.74, 6) is 0.0976. The third-order valence-electron chi connectivity index (χ3n) is 3.50. The van der Waals surface area contributed by atoms with Gasteiger partial charge in [-0.1, -0.05) is 0 Å². The summed E-state index contributed by atoms with van der Waals surface area (Å²) in [6.45, 7) is 5.62. The Morgan fingerprint density at radius 1 is 1.35 bits per heavy atom. The monoisotopic (exact) mass is 340 g/mol. The van der Waals surface area contributed by atoms with Crippen LogP contribution in [0.25, 0.3) is 0 Å². The zero-order valence-corrected chi connectivity index (χ0v) is 13.6. The predicted molar refractivity (Wildman–Crippen MR) is 82.8 cm³/mol. The van der Waals surface area contributed by atoms with Gasteiger partial charge in [0, 0.05) is 51.0 Å². The highest BCUT2D eigenvalue weighted by molar-refractivity contribution is 9.10. The Morgan fingerprint density at radius 2 is 2.05 bits per heavy atom. The Balaban J connectivity index is 1.86. The van der Waals surface area contributed by atoms with Crippen molar-refractivity contribution in [3.05, 3.63) is 28.5 Å². The fourth-order valence-electron chi connectivity index (χ4n) is 2.23. The lowest BCUT2D eigenvalue weighted by molar-refractivity contribution is 0.0629. The van der Waals surface area contributed by atoms with Crippen molar-refractivity contribution < 1.29 is 4.79 Å². The van der Waals surface area contributed by atoms with E-state index in [4.69, 9.17) is 0 Å². The van der Waals surface area contributed by atoms with E-state index in [1.54, 1.807) is 18.3 Å². The molecule has 0 atom stereocenters. The van der Waals surface area contributed by atoms with Crippen LogP contribution in [0.15, 0.2) is 22.9 Å². The second-order valence-electron chi connectivity index (χ2n) is 5.30. The molecule has 0 radical (unpaired) electrons. The maximum Gasteiger partial charge on any atom is 0.254 e. The number of halogens is 1. The number of nitrogens with zero attached hydrogens (tertiary/aromatic N) is 4. The van der Waals surface area contributed by atoms with Crippen molar-refractivity contribution in [2.75, 3.05) is 53.4 Å². The van der Waals surface area contributed by atoms with Crippen LogP contribution in [0.1, 0.15) is 10.4 Å². The van der Waals surface area contributed by atoms with E-state index in [-0.39, 0.29) is 5.91 Å². The molecule has 1 amide bonds. The minimum atomic E-state index is 0.0976. The molecule has 20 heavy (non-hydrogen) atoms. The van der Waals surface area contributed by atoms with Crippen molar-refractivity contribution in [2.45, 2.75) is 0 Å². The summed E-state index contributed by atoms with van der Waals surface area (Å²) in [4.78, 5) is 22.9. The third-order valence-corrected chi connectivity index (χ3v) is 3.93. The summed E-state index contributed by atoms with van der Waals surface area (Å²) in [5.41, 5.74) is 0.702. The number of hydrogen-bond donors (Lipinski definition) is 0. The molecule has 2 rings (SSSR count). The summed E-state index contributed by atoms with van der Waals surface area (Å²) < 4.78 is 0.702. The Kier molecular flexibility index (Phi) is 5.51. The van der Waals surface area contributed by atoms with Crippen molar-refractivity contribution in [2.24, 2.45) is 0 Å². The molecule has 0 bridgehead atoms. The standard InChI is InChI=1S/C14H21BrN4O/c1-17(2)5-6-18-7-9-19(10-8-18)14(20)12-3-4-16-13(15)11-12/h3-4,11H,5-10H2,1-2H3. The maximum absolute atomic E-state index is 12.4. The van der Waals surface area contributed by atoms with Crippen molar-refractivity contribution in [3.8, 4) is 0 Å². The first-order valence-electron chi connectivity index (χ1n) is 6.84. The largest absolute Gasteiger partial charge is 0.336 e. The Morgan fingerprint density at radius 3 is 2.65 bits per heavy atom. The third kappa shape index (κ3) is 4.26. The molecular weight excluding hydrogens is 320 g/mol. The zero-order chi connectivity index (χ0) is 14.5. The van der Waals surface area contributed by atoms with Gasteiger partial charge < -0.3 is 9.80 Å². The number of aromatic nitrogens is 1. The van der Waals surface area contributed by atoms with Crippen LogP contribution in [0.3, 0.4) is 0 Å². The van der Waals surface area contributed by atoms with Crippen molar-refractivity contribution in [1.82, 2.24) is 19.7 Å². The molecule has 0 unspecified atom stereocenters. The molecule has 2 heterocycles. The molecule has 1 aliphatic rings. The second kappa shape index (κ2) is 7.15. The molecule has 0 saturated carbocycles. The summed E-state index contributed by atoms with van der Waals surface area (Å²) >= 11 is 3.30. The van der Waals surface area contributed by atoms with Crippen LogP contribution >= 0.6 is 15.9 Å². The first-order valence-corrected chi connectivity index (χ1v) is 7.63. The molecule has 5 nitrogen and oxygen atoms in total. The van der Waals surface area contributed by atoms with E-state index in [1.165, 1.54) is 0 Å². The molecule has 1 aliphatic heterocycles. The van der Waals surface area contributed by atoms with Gasteiger partial charge in [-0.05, 0) is 42.2 Å². The van der Waals surface area contributed by atoms with Gasteiger partial charge in [-0.2, -0.15) is 0 Å². The number of hydrogen-bond acceptors (Lipinski definition) is 4. The van der Waals surface area contributed by atoms with E-state index in [2.05, 4.69) is 44.8 Å². The molecule has 0 aliphatic carbocycles. The number of carbonyl (C=O) groups is 1. The van der Waals surface area contributed by atoms with Crippen LogP contribution in [0, 0.1) is 0 Å². The zero-order valence-electron chi connectivity index (χ0n) is 12.0. The van der Waals surface area contributed by atoms with Crippen LogP contribution in [0.2, 0.25) is 0 Å². The lowest BCUT2D eigenvalue weighted by atomic mass is 10.2.